The van der Waals surface area contributed by atoms with E-state index in [9.17, 15) is 5.11 Å². The summed E-state index contributed by atoms with van der Waals surface area (Å²) in [5.74, 6) is 0.635. The zero-order valence-electron chi connectivity index (χ0n) is 9.53. The maximum absolute atomic E-state index is 9.87. The van der Waals surface area contributed by atoms with Crippen molar-refractivity contribution in [2.45, 2.75) is 39.0 Å². The largest absolute Gasteiger partial charge is 0.508 e. The summed E-state index contributed by atoms with van der Waals surface area (Å²) in [6, 6.07) is 5.86. The van der Waals surface area contributed by atoms with Gasteiger partial charge in [0.25, 0.3) is 0 Å². The maximum Gasteiger partial charge on any atom is 0.119 e. The van der Waals surface area contributed by atoms with Crippen LogP contribution in [0.5, 0.6) is 5.75 Å². The van der Waals surface area contributed by atoms with E-state index in [0.717, 1.165) is 30.4 Å². The quantitative estimate of drug-likeness (QED) is 0.781. The van der Waals surface area contributed by atoms with Crippen LogP contribution in [0.25, 0.3) is 0 Å². The molecule has 2 heteroatoms. The predicted molar refractivity (Wildman–Crippen MR) is 62.2 cm³/mol. The average Bonchev–Trinajstić information content (AvgIpc) is 2.26. The fraction of sp³-hybridized carbons (Fsp3) is 0.538. The van der Waals surface area contributed by atoms with Gasteiger partial charge in [0.15, 0.2) is 0 Å². The number of rotatable bonds is 5. The smallest absolute Gasteiger partial charge is 0.119 e. The summed E-state index contributed by atoms with van der Waals surface area (Å²) in [6.45, 7) is 4.32. The Bertz CT molecular complexity index is 307. The van der Waals surface area contributed by atoms with Gasteiger partial charge in [-0.3, -0.25) is 0 Å². The van der Waals surface area contributed by atoms with Gasteiger partial charge < -0.3 is 10.2 Å². The molecule has 0 spiro atoms. The second-order valence-electron chi connectivity index (χ2n) is 3.86. The molecule has 0 aromatic heterocycles. The van der Waals surface area contributed by atoms with E-state index in [4.69, 9.17) is 5.11 Å². The highest BCUT2D eigenvalue weighted by atomic mass is 16.3. The van der Waals surface area contributed by atoms with Crippen molar-refractivity contribution >= 4 is 0 Å². The Labute approximate surface area is 91.6 Å². The number of benzene rings is 1. The fourth-order valence-electron chi connectivity index (χ4n) is 1.89. The molecule has 1 unspecified atom stereocenters. The summed E-state index contributed by atoms with van der Waals surface area (Å²) in [5.41, 5.74) is 2.11. The third kappa shape index (κ3) is 2.96. The highest BCUT2D eigenvalue weighted by molar-refractivity contribution is 5.38. The summed E-state index contributed by atoms with van der Waals surface area (Å²) in [6.07, 6.45) is 2.60. The lowest BCUT2D eigenvalue weighted by molar-refractivity contribution is 0.273. The van der Waals surface area contributed by atoms with Crippen molar-refractivity contribution in [2.75, 3.05) is 6.61 Å². The van der Waals surface area contributed by atoms with E-state index in [2.05, 4.69) is 19.9 Å². The highest BCUT2D eigenvalue weighted by Gasteiger charge is 2.12. The maximum atomic E-state index is 9.87. The number of aliphatic hydroxyl groups excluding tert-OH is 1. The van der Waals surface area contributed by atoms with Crippen molar-refractivity contribution in [3.8, 4) is 5.75 Å². The molecule has 1 aromatic rings. The zero-order chi connectivity index (χ0) is 11.3. The lowest BCUT2D eigenvalue weighted by atomic mass is 9.91. The van der Waals surface area contributed by atoms with Gasteiger partial charge in [0.2, 0.25) is 0 Å². The Kier molecular flexibility index (Phi) is 4.63. The minimum absolute atomic E-state index is 0.174. The zero-order valence-corrected chi connectivity index (χ0v) is 9.53. The lowest BCUT2D eigenvalue weighted by Crippen LogP contribution is -2.01. The molecule has 0 aliphatic carbocycles. The van der Waals surface area contributed by atoms with Crippen molar-refractivity contribution in [3.05, 3.63) is 29.3 Å². The van der Waals surface area contributed by atoms with Crippen LogP contribution in [0.15, 0.2) is 18.2 Å². The van der Waals surface area contributed by atoms with Crippen molar-refractivity contribution in [1.29, 1.82) is 0 Å². The molecule has 0 saturated heterocycles. The fourth-order valence-corrected chi connectivity index (χ4v) is 1.89. The topological polar surface area (TPSA) is 40.5 Å². The number of aliphatic hydroxyl groups is 1. The third-order valence-electron chi connectivity index (χ3n) is 2.91. The van der Waals surface area contributed by atoms with Crippen LogP contribution in [0.4, 0.5) is 0 Å². The van der Waals surface area contributed by atoms with E-state index in [0.29, 0.717) is 5.75 Å². The number of hydrogen-bond acceptors (Lipinski definition) is 2. The van der Waals surface area contributed by atoms with Crippen molar-refractivity contribution < 1.29 is 10.2 Å². The minimum Gasteiger partial charge on any atom is -0.508 e. The van der Waals surface area contributed by atoms with Crippen LogP contribution in [-0.4, -0.2) is 16.8 Å². The summed E-state index contributed by atoms with van der Waals surface area (Å²) < 4.78 is 0. The van der Waals surface area contributed by atoms with Gasteiger partial charge in [-0.25, -0.2) is 0 Å². The molecule has 0 fully saturated rings. The first kappa shape index (κ1) is 12.1. The van der Waals surface area contributed by atoms with Crippen LogP contribution in [-0.2, 0) is 6.42 Å². The molecule has 0 aliphatic rings. The van der Waals surface area contributed by atoms with Crippen LogP contribution in [0.2, 0.25) is 0 Å². The van der Waals surface area contributed by atoms with Crippen LogP contribution < -0.4 is 0 Å². The average molecular weight is 208 g/mol. The molecule has 1 aromatic carbocycles. The van der Waals surface area contributed by atoms with E-state index in [1.54, 1.807) is 0 Å². The molecule has 0 aliphatic heterocycles. The molecule has 0 heterocycles. The van der Waals surface area contributed by atoms with Gasteiger partial charge >= 0.3 is 0 Å². The van der Waals surface area contributed by atoms with E-state index < -0.39 is 0 Å². The van der Waals surface area contributed by atoms with Crippen molar-refractivity contribution in [3.63, 3.8) is 0 Å². The molecule has 0 bridgehead atoms. The molecule has 0 amide bonds. The van der Waals surface area contributed by atoms with E-state index in [1.165, 1.54) is 0 Å². The molecule has 0 radical (unpaired) electrons. The van der Waals surface area contributed by atoms with E-state index in [-0.39, 0.29) is 12.5 Å². The van der Waals surface area contributed by atoms with Gasteiger partial charge in [0, 0.05) is 6.61 Å². The van der Waals surface area contributed by atoms with Crippen LogP contribution in [0, 0.1) is 0 Å². The molecule has 2 nitrogen and oxygen atoms in total. The third-order valence-corrected chi connectivity index (χ3v) is 2.91. The first-order chi connectivity index (χ1) is 7.22. The Hall–Kier alpha value is -1.02. The predicted octanol–water partition coefficient (Wildman–Crippen LogP) is 2.83. The monoisotopic (exact) mass is 208 g/mol. The molecule has 15 heavy (non-hydrogen) atoms. The summed E-state index contributed by atoms with van der Waals surface area (Å²) in [7, 11) is 0. The summed E-state index contributed by atoms with van der Waals surface area (Å²) in [5, 5.41) is 18.8. The summed E-state index contributed by atoms with van der Waals surface area (Å²) in [4.78, 5) is 0. The van der Waals surface area contributed by atoms with Crippen molar-refractivity contribution in [1.82, 2.24) is 0 Å². The Morgan fingerprint density at radius 2 is 2.00 bits per heavy atom. The Morgan fingerprint density at radius 1 is 1.27 bits per heavy atom. The van der Waals surface area contributed by atoms with E-state index in [1.807, 2.05) is 12.1 Å². The molecule has 2 N–H and O–H groups in total. The normalized spacial score (nSPS) is 12.7. The van der Waals surface area contributed by atoms with E-state index >= 15 is 0 Å². The van der Waals surface area contributed by atoms with Gasteiger partial charge in [-0.05, 0) is 42.4 Å². The number of aromatic hydroxyl groups is 1. The van der Waals surface area contributed by atoms with Gasteiger partial charge in [-0.2, -0.15) is 0 Å². The second kappa shape index (κ2) is 5.76. The SMILES string of the molecule is CCc1ccc(C(CC)CCO)c(O)c1. The first-order valence-electron chi connectivity index (χ1n) is 5.65. The van der Waals surface area contributed by atoms with Gasteiger partial charge in [-0.15, -0.1) is 0 Å². The lowest BCUT2D eigenvalue weighted by Gasteiger charge is -2.16. The number of phenolic OH excluding ortho intramolecular Hbond substituents is 1. The Morgan fingerprint density at radius 3 is 2.47 bits per heavy atom. The number of aryl methyl sites for hydroxylation is 1. The molecular formula is C13H20O2. The second-order valence-corrected chi connectivity index (χ2v) is 3.86. The van der Waals surface area contributed by atoms with Crippen LogP contribution >= 0.6 is 0 Å². The van der Waals surface area contributed by atoms with Gasteiger partial charge in [-0.1, -0.05) is 26.0 Å². The molecular weight excluding hydrogens is 188 g/mol. The summed E-state index contributed by atoms with van der Waals surface area (Å²) >= 11 is 0. The molecule has 1 atom stereocenters. The molecule has 1 rings (SSSR count). The Balaban J connectivity index is 2.92. The molecule has 84 valence electrons. The van der Waals surface area contributed by atoms with Gasteiger partial charge in [0.1, 0.15) is 5.75 Å². The first-order valence-corrected chi connectivity index (χ1v) is 5.65. The van der Waals surface area contributed by atoms with Gasteiger partial charge in [0.05, 0.1) is 0 Å². The molecule has 0 saturated carbocycles. The van der Waals surface area contributed by atoms with Crippen LogP contribution in [0.1, 0.15) is 43.7 Å². The minimum atomic E-state index is 0.174. The van der Waals surface area contributed by atoms with Crippen molar-refractivity contribution in [2.24, 2.45) is 0 Å². The highest BCUT2D eigenvalue weighted by Crippen LogP contribution is 2.31. The standard InChI is InChI=1S/C13H20O2/c1-3-10-5-6-12(13(15)9-10)11(4-2)7-8-14/h5-6,9,11,14-15H,3-4,7-8H2,1-2H3. The number of phenols is 1. The van der Waals surface area contributed by atoms with Crippen LogP contribution in [0.3, 0.4) is 0 Å². The number of hydrogen-bond donors (Lipinski definition) is 2.